The monoisotopic (exact) mass is 292 g/mol. The van der Waals surface area contributed by atoms with E-state index in [4.69, 9.17) is 9.47 Å². The zero-order valence-corrected chi connectivity index (χ0v) is 12.3. The minimum Gasteiger partial charge on any atom is -0.497 e. The smallest absolute Gasteiger partial charge is 0.321 e. The van der Waals surface area contributed by atoms with Gasteiger partial charge >= 0.3 is 12.0 Å². The SMILES string of the molecule is COC(=O)[C@H]1CCCN(C(=O)Nc2cccc(OC)c2)C1. The molecule has 1 fully saturated rings. The van der Waals surface area contributed by atoms with E-state index in [0.29, 0.717) is 24.5 Å². The molecule has 0 aliphatic carbocycles. The minimum absolute atomic E-state index is 0.211. The van der Waals surface area contributed by atoms with Crippen LogP contribution in [0.3, 0.4) is 0 Å². The van der Waals surface area contributed by atoms with Crippen LogP contribution in [0.4, 0.5) is 10.5 Å². The highest BCUT2D eigenvalue weighted by Gasteiger charge is 2.29. The first-order valence-electron chi connectivity index (χ1n) is 6.92. The fourth-order valence-electron chi connectivity index (χ4n) is 2.42. The van der Waals surface area contributed by atoms with Crippen LogP contribution in [-0.4, -0.2) is 44.2 Å². The summed E-state index contributed by atoms with van der Waals surface area (Å²) in [5, 5.41) is 2.82. The van der Waals surface area contributed by atoms with Crippen molar-refractivity contribution >= 4 is 17.7 Å². The summed E-state index contributed by atoms with van der Waals surface area (Å²) in [6, 6.07) is 6.95. The number of likely N-dealkylation sites (tertiary alicyclic amines) is 1. The first-order valence-corrected chi connectivity index (χ1v) is 6.92. The summed E-state index contributed by atoms with van der Waals surface area (Å²) in [7, 11) is 2.95. The molecule has 0 unspecified atom stereocenters. The molecule has 2 amide bonds. The third-order valence-electron chi connectivity index (χ3n) is 3.56. The molecule has 21 heavy (non-hydrogen) atoms. The van der Waals surface area contributed by atoms with Crippen LogP contribution in [0.25, 0.3) is 0 Å². The Morgan fingerprint density at radius 1 is 1.33 bits per heavy atom. The molecule has 6 nitrogen and oxygen atoms in total. The molecule has 1 aromatic carbocycles. The molecule has 1 heterocycles. The molecule has 1 aliphatic rings. The molecule has 1 saturated heterocycles. The number of anilines is 1. The maximum Gasteiger partial charge on any atom is 0.321 e. The van der Waals surface area contributed by atoms with Crippen molar-refractivity contribution in [1.82, 2.24) is 4.90 Å². The van der Waals surface area contributed by atoms with Gasteiger partial charge in [-0.15, -0.1) is 0 Å². The number of amides is 2. The van der Waals surface area contributed by atoms with Crippen LogP contribution in [-0.2, 0) is 9.53 Å². The summed E-state index contributed by atoms with van der Waals surface area (Å²) in [6.45, 7) is 1.03. The Labute approximate surface area is 124 Å². The van der Waals surface area contributed by atoms with E-state index in [9.17, 15) is 9.59 Å². The zero-order chi connectivity index (χ0) is 15.2. The lowest BCUT2D eigenvalue weighted by atomic mass is 9.98. The molecule has 0 aromatic heterocycles. The fourth-order valence-corrected chi connectivity index (χ4v) is 2.42. The normalized spacial score (nSPS) is 18.0. The van der Waals surface area contributed by atoms with E-state index in [2.05, 4.69) is 5.32 Å². The van der Waals surface area contributed by atoms with Crippen LogP contribution >= 0.6 is 0 Å². The van der Waals surface area contributed by atoms with Crippen molar-refractivity contribution in [2.45, 2.75) is 12.8 Å². The van der Waals surface area contributed by atoms with Gasteiger partial charge < -0.3 is 19.7 Å². The average molecular weight is 292 g/mol. The molecule has 1 aliphatic heterocycles. The van der Waals surface area contributed by atoms with E-state index in [1.807, 2.05) is 12.1 Å². The lowest BCUT2D eigenvalue weighted by molar-refractivity contribution is -0.146. The Hall–Kier alpha value is -2.24. The predicted octanol–water partition coefficient (Wildman–Crippen LogP) is 2.11. The number of piperidine rings is 1. The van der Waals surface area contributed by atoms with Gasteiger partial charge in [0.2, 0.25) is 0 Å². The Bertz CT molecular complexity index is 518. The van der Waals surface area contributed by atoms with Gasteiger partial charge in [-0.25, -0.2) is 4.79 Å². The predicted molar refractivity (Wildman–Crippen MR) is 78.3 cm³/mol. The molecule has 0 radical (unpaired) electrons. The number of esters is 1. The molecular formula is C15H20N2O4. The first-order chi connectivity index (χ1) is 10.1. The maximum atomic E-state index is 12.2. The van der Waals surface area contributed by atoms with E-state index >= 15 is 0 Å². The van der Waals surface area contributed by atoms with Crippen molar-refractivity contribution in [2.24, 2.45) is 5.92 Å². The maximum absolute atomic E-state index is 12.2. The summed E-state index contributed by atoms with van der Waals surface area (Å²) >= 11 is 0. The minimum atomic E-state index is -0.256. The van der Waals surface area contributed by atoms with Crippen LogP contribution in [0.2, 0.25) is 0 Å². The number of nitrogens with one attached hydrogen (secondary N) is 1. The summed E-state index contributed by atoms with van der Waals surface area (Å²) < 4.78 is 9.87. The first kappa shape index (κ1) is 15.2. The second-order valence-corrected chi connectivity index (χ2v) is 4.97. The van der Waals surface area contributed by atoms with Gasteiger partial charge in [-0.05, 0) is 25.0 Å². The van der Waals surface area contributed by atoms with Crippen molar-refractivity contribution in [3.8, 4) is 5.75 Å². The summed E-state index contributed by atoms with van der Waals surface area (Å²) in [5.41, 5.74) is 0.666. The van der Waals surface area contributed by atoms with Crippen molar-refractivity contribution in [2.75, 3.05) is 32.6 Å². The Morgan fingerprint density at radius 3 is 2.86 bits per heavy atom. The lowest BCUT2D eigenvalue weighted by Gasteiger charge is -2.31. The van der Waals surface area contributed by atoms with Gasteiger partial charge in [0.1, 0.15) is 5.75 Å². The summed E-state index contributed by atoms with van der Waals surface area (Å²) in [5.74, 6) is 0.188. The van der Waals surface area contributed by atoms with Gasteiger partial charge in [-0.2, -0.15) is 0 Å². The average Bonchev–Trinajstić information content (AvgIpc) is 2.54. The number of rotatable bonds is 3. The highest BCUT2D eigenvalue weighted by molar-refractivity contribution is 5.90. The zero-order valence-electron chi connectivity index (χ0n) is 12.3. The van der Waals surface area contributed by atoms with Gasteiger partial charge in [0.25, 0.3) is 0 Å². The Kier molecular flexibility index (Phi) is 5.03. The lowest BCUT2D eigenvalue weighted by Crippen LogP contribution is -2.44. The van der Waals surface area contributed by atoms with E-state index in [1.54, 1.807) is 24.1 Å². The van der Waals surface area contributed by atoms with Crippen LogP contribution in [0, 0.1) is 5.92 Å². The molecule has 6 heteroatoms. The quantitative estimate of drug-likeness (QED) is 0.866. The van der Waals surface area contributed by atoms with Gasteiger partial charge in [-0.3, -0.25) is 4.79 Å². The second-order valence-electron chi connectivity index (χ2n) is 4.97. The van der Waals surface area contributed by atoms with Gasteiger partial charge in [0, 0.05) is 24.8 Å². The van der Waals surface area contributed by atoms with E-state index < -0.39 is 0 Å². The third kappa shape index (κ3) is 3.87. The van der Waals surface area contributed by atoms with Gasteiger partial charge in [0.05, 0.1) is 20.1 Å². The molecular weight excluding hydrogens is 272 g/mol. The molecule has 1 aromatic rings. The molecule has 2 rings (SSSR count). The molecule has 0 saturated carbocycles. The van der Waals surface area contributed by atoms with E-state index in [-0.39, 0.29) is 17.9 Å². The topological polar surface area (TPSA) is 67.9 Å². The number of ether oxygens (including phenoxy) is 2. The number of carbonyl (C=O) groups excluding carboxylic acids is 2. The summed E-state index contributed by atoms with van der Waals surface area (Å²) in [6.07, 6.45) is 1.56. The number of hydrogen-bond donors (Lipinski definition) is 1. The van der Waals surface area contributed by atoms with Crippen molar-refractivity contribution in [3.05, 3.63) is 24.3 Å². The standard InChI is InChI=1S/C15H20N2O4/c1-20-13-7-3-6-12(9-13)16-15(19)17-8-4-5-11(10-17)14(18)21-2/h3,6-7,9,11H,4-5,8,10H2,1-2H3,(H,16,19)/t11-/m0/s1. The van der Waals surface area contributed by atoms with Crippen LogP contribution < -0.4 is 10.1 Å². The second kappa shape index (κ2) is 6.97. The number of hydrogen-bond acceptors (Lipinski definition) is 4. The highest BCUT2D eigenvalue weighted by Crippen LogP contribution is 2.20. The number of carbonyl (C=O) groups is 2. The van der Waals surface area contributed by atoms with Crippen LogP contribution in [0.15, 0.2) is 24.3 Å². The van der Waals surface area contributed by atoms with Crippen molar-refractivity contribution in [3.63, 3.8) is 0 Å². The molecule has 1 N–H and O–H groups in total. The van der Waals surface area contributed by atoms with Gasteiger partial charge in [-0.1, -0.05) is 6.07 Å². The van der Waals surface area contributed by atoms with Gasteiger partial charge in [0.15, 0.2) is 0 Å². The largest absolute Gasteiger partial charge is 0.497 e. The van der Waals surface area contributed by atoms with Crippen molar-refractivity contribution in [1.29, 1.82) is 0 Å². The Balaban J connectivity index is 1.97. The molecule has 0 bridgehead atoms. The van der Waals surface area contributed by atoms with Crippen molar-refractivity contribution < 1.29 is 19.1 Å². The number of methoxy groups -OCH3 is 2. The third-order valence-corrected chi connectivity index (χ3v) is 3.56. The molecule has 114 valence electrons. The summed E-state index contributed by atoms with van der Waals surface area (Å²) in [4.78, 5) is 25.5. The molecule has 0 spiro atoms. The van der Waals surface area contributed by atoms with E-state index in [1.165, 1.54) is 7.11 Å². The van der Waals surface area contributed by atoms with Crippen LogP contribution in [0.1, 0.15) is 12.8 Å². The number of urea groups is 1. The van der Waals surface area contributed by atoms with Crippen LogP contribution in [0.5, 0.6) is 5.75 Å². The highest BCUT2D eigenvalue weighted by atomic mass is 16.5. The number of benzene rings is 1. The molecule has 1 atom stereocenters. The van der Waals surface area contributed by atoms with E-state index in [0.717, 1.165) is 12.8 Å². The fraction of sp³-hybridized carbons (Fsp3) is 0.467. The number of nitrogens with zero attached hydrogens (tertiary/aromatic N) is 1. The Morgan fingerprint density at radius 2 is 2.14 bits per heavy atom.